The minimum absolute atomic E-state index is 0.529. The number of anilines is 2. The highest BCUT2D eigenvalue weighted by Gasteiger charge is 2.12. The Hall–Kier alpha value is -1.42. The molecule has 1 heterocycles. The van der Waals surface area contributed by atoms with Crippen LogP contribution in [0.2, 0.25) is 0 Å². The van der Waals surface area contributed by atoms with Gasteiger partial charge in [-0.05, 0) is 43.4 Å². The lowest BCUT2D eigenvalue weighted by Gasteiger charge is -2.26. The van der Waals surface area contributed by atoms with E-state index in [9.17, 15) is 8.42 Å². The molecule has 25 heavy (non-hydrogen) atoms. The maximum absolute atomic E-state index is 11.6. The molecule has 1 saturated heterocycles. The standard InChI is InChI=1S/C16H26N4O3S2/c1-19(25(2,21)22)15-6-3-5-14(13-15)18-16(24)17-7-4-8-20-9-11-23-12-10-20/h3,5-6,13H,4,7-12H2,1-2H3,(H2,17,18,24). The molecule has 0 amide bonds. The van der Waals surface area contributed by atoms with Crippen molar-refractivity contribution in [2.24, 2.45) is 0 Å². The summed E-state index contributed by atoms with van der Waals surface area (Å²) in [6.07, 6.45) is 2.17. The second-order valence-electron chi connectivity index (χ2n) is 5.97. The molecular weight excluding hydrogens is 360 g/mol. The Balaban J connectivity index is 1.76. The summed E-state index contributed by atoms with van der Waals surface area (Å²) < 4.78 is 29.8. The van der Waals surface area contributed by atoms with Gasteiger partial charge < -0.3 is 15.4 Å². The maximum atomic E-state index is 11.6. The highest BCUT2D eigenvalue weighted by Crippen LogP contribution is 2.20. The maximum Gasteiger partial charge on any atom is 0.231 e. The minimum Gasteiger partial charge on any atom is -0.379 e. The van der Waals surface area contributed by atoms with Crippen LogP contribution >= 0.6 is 12.2 Å². The van der Waals surface area contributed by atoms with Crippen molar-refractivity contribution in [1.29, 1.82) is 0 Å². The Morgan fingerprint density at radius 3 is 2.76 bits per heavy atom. The number of hydrogen-bond acceptors (Lipinski definition) is 5. The van der Waals surface area contributed by atoms with E-state index >= 15 is 0 Å². The first-order valence-corrected chi connectivity index (χ1v) is 10.5. The Kier molecular flexibility index (Phi) is 7.42. The predicted octanol–water partition coefficient (Wildman–Crippen LogP) is 1.09. The second kappa shape index (κ2) is 9.33. The van der Waals surface area contributed by atoms with Gasteiger partial charge in [0.05, 0.1) is 25.2 Å². The summed E-state index contributed by atoms with van der Waals surface area (Å²) in [6.45, 7) is 5.41. The van der Waals surface area contributed by atoms with Crippen LogP contribution in [0.5, 0.6) is 0 Å². The molecule has 1 aromatic carbocycles. The number of morpholine rings is 1. The Bertz CT molecular complexity index is 676. The molecule has 140 valence electrons. The number of rotatable bonds is 7. The van der Waals surface area contributed by atoms with Crippen molar-refractivity contribution in [3.05, 3.63) is 24.3 Å². The Morgan fingerprint density at radius 1 is 1.36 bits per heavy atom. The van der Waals surface area contributed by atoms with Crippen LogP contribution in [0.3, 0.4) is 0 Å². The first-order valence-electron chi connectivity index (χ1n) is 8.25. The minimum atomic E-state index is -3.29. The second-order valence-corrected chi connectivity index (χ2v) is 8.39. The molecule has 1 aromatic rings. The number of ether oxygens (including phenoxy) is 1. The van der Waals surface area contributed by atoms with Gasteiger partial charge in [-0.25, -0.2) is 8.42 Å². The van der Waals surface area contributed by atoms with Gasteiger partial charge in [-0.3, -0.25) is 9.21 Å². The molecule has 0 atom stereocenters. The van der Waals surface area contributed by atoms with Gasteiger partial charge in [-0.1, -0.05) is 6.07 Å². The fraction of sp³-hybridized carbons (Fsp3) is 0.562. The van der Waals surface area contributed by atoms with E-state index in [0.717, 1.165) is 51.5 Å². The molecule has 9 heteroatoms. The molecule has 0 unspecified atom stereocenters. The molecular formula is C16H26N4O3S2. The van der Waals surface area contributed by atoms with E-state index < -0.39 is 10.0 Å². The van der Waals surface area contributed by atoms with Gasteiger partial charge in [0.15, 0.2) is 5.11 Å². The molecule has 0 aromatic heterocycles. The smallest absolute Gasteiger partial charge is 0.231 e. The number of nitrogens with zero attached hydrogens (tertiary/aromatic N) is 2. The van der Waals surface area contributed by atoms with Gasteiger partial charge in [0.25, 0.3) is 0 Å². The molecule has 0 saturated carbocycles. The number of sulfonamides is 1. The lowest BCUT2D eigenvalue weighted by Crippen LogP contribution is -2.38. The van der Waals surface area contributed by atoms with E-state index in [1.807, 2.05) is 6.07 Å². The van der Waals surface area contributed by atoms with Gasteiger partial charge in [-0.15, -0.1) is 0 Å². The summed E-state index contributed by atoms with van der Waals surface area (Å²) in [4.78, 5) is 2.38. The van der Waals surface area contributed by atoms with Crippen molar-refractivity contribution in [1.82, 2.24) is 10.2 Å². The first-order chi connectivity index (χ1) is 11.9. The summed E-state index contributed by atoms with van der Waals surface area (Å²) >= 11 is 5.30. The molecule has 0 spiro atoms. The van der Waals surface area contributed by atoms with Crippen molar-refractivity contribution in [3.8, 4) is 0 Å². The third-order valence-corrected chi connectivity index (χ3v) is 5.46. The SMILES string of the molecule is CN(c1cccc(NC(=S)NCCCN2CCOCC2)c1)S(C)(=O)=O. The Morgan fingerprint density at radius 2 is 2.08 bits per heavy atom. The number of thiocarbonyl (C=S) groups is 1. The lowest BCUT2D eigenvalue weighted by atomic mass is 10.3. The number of hydrogen-bond donors (Lipinski definition) is 2. The molecule has 1 fully saturated rings. The molecule has 7 nitrogen and oxygen atoms in total. The normalized spacial score (nSPS) is 15.6. The lowest BCUT2D eigenvalue weighted by molar-refractivity contribution is 0.0376. The zero-order valence-electron chi connectivity index (χ0n) is 14.7. The molecule has 0 bridgehead atoms. The molecule has 1 aliphatic heterocycles. The van der Waals surface area contributed by atoms with Gasteiger partial charge >= 0.3 is 0 Å². The van der Waals surface area contributed by atoms with Gasteiger partial charge in [-0.2, -0.15) is 0 Å². The summed E-state index contributed by atoms with van der Waals surface area (Å²) in [5.74, 6) is 0. The van der Waals surface area contributed by atoms with E-state index in [0.29, 0.717) is 10.8 Å². The predicted molar refractivity (Wildman–Crippen MR) is 106 cm³/mol. The van der Waals surface area contributed by atoms with Crippen LogP contribution in [-0.4, -0.2) is 71.1 Å². The summed E-state index contributed by atoms with van der Waals surface area (Å²) in [5.41, 5.74) is 1.33. The van der Waals surface area contributed by atoms with E-state index in [1.54, 1.807) is 18.2 Å². The van der Waals surface area contributed by atoms with E-state index in [-0.39, 0.29) is 0 Å². The first kappa shape index (κ1) is 19.9. The number of nitrogens with one attached hydrogen (secondary N) is 2. The van der Waals surface area contributed by atoms with Crippen LogP contribution in [0, 0.1) is 0 Å². The molecule has 0 radical (unpaired) electrons. The van der Waals surface area contributed by atoms with Crippen molar-refractivity contribution in [2.45, 2.75) is 6.42 Å². The monoisotopic (exact) mass is 386 g/mol. The fourth-order valence-electron chi connectivity index (χ4n) is 2.48. The quantitative estimate of drug-likeness (QED) is 0.537. The van der Waals surface area contributed by atoms with Gasteiger partial charge in [0.1, 0.15) is 0 Å². The third-order valence-electron chi connectivity index (χ3n) is 4.01. The molecule has 0 aliphatic carbocycles. The van der Waals surface area contributed by atoms with E-state index in [1.165, 1.54) is 17.6 Å². The van der Waals surface area contributed by atoms with Crippen LogP contribution in [0.25, 0.3) is 0 Å². The van der Waals surface area contributed by atoms with Crippen LogP contribution < -0.4 is 14.9 Å². The van der Waals surface area contributed by atoms with Gasteiger partial charge in [0, 0.05) is 32.4 Å². The summed E-state index contributed by atoms with van der Waals surface area (Å²) in [6, 6.07) is 7.13. The van der Waals surface area contributed by atoms with Crippen molar-refractivity contribution >= 4 is 38.7 Å². The third kappa shape index (κ3) is 6.77. The van der Waals surface area contributed by atoms with Crippen LogP contribution in [0.4, 0.5) is 11.4 Å². The molecule has 2 rings (SSSR count). The molecule has 2 N–H and O–H groups in total. The van der Waals surface area contributed by atoms with Crippen molar-refractivity contribution in [2.75, 3.05) is 62.3 Å². The average molecular weight is 387 g/mol. The summed E-state index contributed by atoms with van der Waals surface area (Å²) in [5, 5.41) is 6.80. The zero-order valence-corrected chi connectivity index (χ0v) is 16.3. The highest BCUT2D eigenvalue weighted by atomic mass is 32.2. The highest BCUT2D eigenvalue weighted by molar-refractivity contribution is 7.92. The largest absolute Gasteiger partial charge is 0.379 e. The zero-order chi connectivity index (χ0) is 18.3. The average Bonchev–Trinajstić information content (AvgIpc) is 2.58. The number of benzene rings is 1. The van der Waals surface area contributed by atoms with E-state index in [4.69, 9.17) is 17.0 Å². The summed E-state index contributed by atoms with van der Waals surface area (Å²) in [7, 11) is -1.76. The fourth-order valence-corrected chi connectivity index (χ4v) is 3.19. The topological polar surface area (TPSA) is 73.9 Å². The van der Waals surface area contributed by atoms with Gasteiger partial charge in [0.2, 0.25) is 10.0 Å². The Labute approximate surface area is 155 Å². The van der Waals surface area contributed by atoms with Crippen molar-refractivity contribution < 1.29 is 13.2 Å². The molecule has 1 aliphatic rings. The van der Waals surface area contributed by atoms with Crippen LogP contribution in [0.1, 0.15) is 6.42 Å². The van der Waals surface area contributed by atoms with E-state index in [2.05, 4.69) is 15.5 Å². The van der Waals surface area contributed by atoms with Crippen LogP contribution in [0.15, 0.2) is 24.3 Å². The van der Waals surface area contributed by atoms with Crippen LogP contribution in [-0.2, 0) is 14.8 Å². The van der Waals surface area contributed by atoms with Crippen molar-refractivity contribution in [3.63, 3.8) is 0 Å².